The smallest absolute Gasteiger partial charge is 0.150 e. The van der Waals surface area contributed by atoms with Crippen LogP contribution < -0.4 is 0 Å². The fourth-order valence-electron chi connectivity index (χ4n) is 2.89. The second-order valence-corrected chi connectivity index (χ2v) is 5.31. The molecule has 0 fully saturated rings. The number of hydrogen-bond donors (Lipinski definition) is 0. The summed E-state index contributed by atoms with van der Waals surface area (Å²) in [5.74, 6) is 0. The number of carbonyl (C=O) groups is 1. The van der Waals surface area contributed by atoms with Gasteiger partial charge in [-0.05, 0) is 41.5 Å². The molecule has 2 aromatic rings. The van der Waals surface area contributed by atoms with E-state index in [4.69, 9.17) is 0 Å². The van der Waals surface area contributed by atoms with Crippen molar-refractivity contribution < 1.29 is 4.79 Å². The highest BCUT2D eigenvalue weighted by Gasteiger charge is 2.16. The zero-order valence-electron chi connectivity index (χ0n) is 12.0. The van der Waals surface area contributed by atoms with Crippen molar-refractivity contribution in [2.24, 2.45) is 0 Å². The molecule has 1 nitrogen and oxygen atoms in total. The molecular formula is C20H18O. The molecule has 0 unspecified atom stereocenters. The van der Waals surface area contributed by atoms with E-state index in [1.54, 1.807) is 0 Å². The second-order valence-electron chi connectivity index (χ2n) is 5.31. The molecule has 0 atom stereocenters. The summed E-state index contributed by atoms with van der Waals surface area (Å²) in [5, 5.41) is 0. The van der Waals surface area contributed by atoms with Crippen molar-refractivity contribution in [1.82, 2.24) is 0 Å². The van der Waals surface area contributed by atoms with Gasteiger partial charge in [-0.3, -0.25) is 4.79 Å². The maximum Gasteiger partial charge on any atom is 0.150 e. The number of allylic oxidation sites excluding steroid dienone is 3. The molecule has 104 valence electrons. The average Bonchev–Trinajstić information content (AvgIpc) is 3.02. The standard InChI is InChI=1S/C20H18O/c21-15-18-9-4-5-11-20(18)19-12-6-10-17(19)14-13-16-7-2-1-3-8-16/h1-5,7-9,11,13-15H,6,10,12H2/b14-13+. The summed E-state index contributed by atoms with van der Waals surface area (Å²) in [5.41, 5.74) is 5.77. The molecule has 1 aliphatic carbocycles. The Morgan fingerprint density at radius 1 is 0.810 bits per heavy atom. The molecular weight excluding hydrogens is 256 g/mol. The summed E-state index contributed by atoms with van der Waals surface area (Å²) < 4.78 is 0. The number of carbonyl (C=O) groups excluding carboxylic acids is 1. The zero-order valence-corrected chi connectivity index (χ0v) is 12.0. The van der Waals surface area contributed by atoms with E-state index in [0.717, 1.165) is 36.7 Å². The largest absolute Gasteiger partial charge is 0.298 e. The Morgan fingerprint density at radius 3 is 2.38 bits per heavy atom. The van der Waals surface area contributed by atoms with Gasteiger partial charge in [0.2, 0.25) is 0 Å². The Balaban J connectivity index is 1.96. The molecule has 21 heavy (non-hydrogen) atoms. The summed E-state index contributed by atoms with van der Waals surface area (Å²) in [4.78, 5) is 11.2. The Hall–Kier alpha value is -2.41. The molecule has 0 N–H and O–H groups in total. The van der Waals surface area contributed by atoms with Crippen molar-refractivity contribution in [1.29, 1.82) is 0 Å². The van der Waals surface area contributed by atoms with Crippen LogP contribution in [0.5, 0.6) is 0 Å². The summed E-state index contributed by atoms with van der Waals surface area (Å²) in [6.45, 7) is 0. The Labute approximate surface area is 125 Å². The molecule has 0 spiro atoms. The molecule has 0 heterocycles. The molecule has 0 aromatic heterocycles. The van der Waals surface area contributed by atoms with Gasteiger partial charge in [0.05, 0.1) is 0 Å². The maximum atomic E-state index is 11.2. The first-order chi connectivity index (χ1) is 10.4. The van der Waals surface area contributed by atoms with Crippen LogP contribution in [0, 0.1) is 0 Å². The number of hydrogen-bond acceptors (Lipinski definition) is 1. The zero-order chi connectivity index (χ0) is 14.5. The van der Waals surface area contributed by atoms with E-state index in [2.05, 4.69) is 30.4 Å². The third kappa shape index (κ3) is 3.03. The van der Waals surface area contributed by atoms with E-state index in [1.807, 2.05) is 36.4 Å². The monoisotopic (exact) mass is 274 g/mol. The van der Waals surface area contributed by atoms with Crippen LogP contribution >= 0.6 is 0 Å². The van der Waals surface area contributed by atoms with Crippen LogP contribution in [0.15, 0.2) is 66.2 Å². The summed E-state index contributed by atoms with van der Waals surface area (Å²) in [6.07, 6.45) is 8.63. The predicted octanol–water partition coefficient (Wildman–Crippen LogP) is 5.15. The van der Waals surface area contributed by atoms with Crippen LogP contribution in [0.3, 0.4) is 0 Å². The second kappa shape index (κ2) is 6.36. The first-order valence-electron chi connectivity index (χ1n) is 7.38. The van der Waals surface area contributed by atoms with Gasteiger partial charge in [0, 0.05) is 5.56 Å². The van der Waals surface area contributed by atoms with E-state index in [1.165, 1.54) is 16.7 Å². The molecule has 0 saturated heterocycles. The quantitative estimate of drug-likeness (QED) is 0.705. The Morgan fingerprint density at radius 2 is 1.57 bits per heavy atom. The van der Waals surface area contributed by atoms with Crippen LogP contribution in [0.1, 0.15) is 40.7 Å². The fraction of sp³-hybridized carbons (Fsp3) is 0.150. The highest BCUT2D eigenvalue weighted by molar-refractivity contribution is 5.87. The van der Waals surface area contributed by atoms with Crippen molar-refractivity contribution in [3.8, 4) is 0 Å². The van der Waals surface area contributed by atoms with Crippen molar-refractivity contribution in [3.05, 3.63) is 82.9 Å². The molecule has 1 heteroatoms. The molecule has 0 bridgehead atoms. The normalized spacial score (nSPS) is 14.9. The highest BCUT2D eigenvalue weighted by atomic mass is 16.1. The minimum atomic E-state index is 0.792. The van der Waals surface area contributed by atoms with Crippen LogP contribution in [0.4, 0.5) is 0 Å². The van der Waals surface area contributed by atoms with E-state index < -0.39 is 0 Å². The highest BCUT2D eigenvalue weighted by Crippen LogP contribution is 2.36. The summed E-state index contributed by atoms with van der Waals surface area (Å²) >= 11 is 0. The van der Waals surface area contributed by atoms with Gasteiger partial charge in [-0.1, -0.05) is 66.7 Å². The van der Waals surface area contributed by atoms with Crippen molar-refractivity contribution in [2.75, 3.05) is 0 Å². The third-order valence-corrected chi connectivity index (χ3v) is 3.95. The van der Waals surface area contributed by atoms with E-state index in [0.29, 0.717) is 0 Å². The molecule has 0 radical (unpaired) electrons. The summed E-state index contributed by atoms with van der Waals surface area (Å²) in [6, 6.07) is 18.2. The maximum absolute atomic E-state index is 11.2. The van der Waals surface area contributed by atoms with E-state index >= 15 is 0 Å². The molecule has 0 amide bonds. The molecule has 3 rings (SSSR count). The average molecular weight is 274 g/mol. The first-order valence-corrected chi connectivity index (χ1v) is 7.38. The van der Waals surface area contributed by atoms with Gasteiger partial charge < -0.3 is 0 Å². The molecule has 0 saturated carbocycles. The minimum absolute atomic E-state index is 0.792. The van der Waals surface area contributed by atoms with E-state index in [-0.39, 0.29) is 0 Å². The molecule has 1 aliphatic rings. The summed E-state index contributed by atoms with van der Waals surface area (Å²) in [7, 11) is 0. The minimum Gasteiger partial charge on any atom is -0.298 e. The topological polar surface area (TPSA) is 17.1 Å². The SMILES string of the molecule is O=Cc1ccccc1C1=C(/C=C/c2ccccc2)CCC1. The lowest BCUT2D eigenvalue weighted by molar-refractivity contribution is 0.112. The van der Waals surface area contributed by atoms with Crippen LogP contribution in [0.2, 0.25) is 0 Å². The first kappa shape index (κ1) is 13.6. The number of aldehydes is 1. The van der Waals surface area contributed by atoms with Crippen molar-refractivity contribution in [2.45, 2.75) is 19.3 Å². The number of rotatable bonds is 4. The molecule has 2 aromatic carbocycles. The van der Waals surface area contributed by atoms with Crippen molar-refractivity contribution >= 4 is 17.9 Å². The van der Waals surface area contributed by atoms with Gasteiger partial charge in [0.25, 0.3) is 0 Å². The Bertz CT molecular complexity index is 693. The van der Waals surface area contributed by atoms with Gasteiger partial charge in [0.1, 0.15) is 0 Å². The Kier molecular flexibility index (Phi) is 4.11. The lowest BCUT2D eigenvalue weighted by Gasteiger charge is -2.07. The van der Waals surface area contributed by atoms with Crippen LogP contribution in [-0.2, 0) is 0 Å². The van der Waals surface area contributed by atoms with Gasteiger partial charge in [-0.2, -0.15) is 0 Å². The van der Waals surface area contributed by atoms with Crippen molar-refractivity contribution in [3.63, 3.8) is 0 Å². The van der Waals surface area contributed by atoms with Gasteiger partial charge >= 0.3 is 0 Å². The van der Waals surface area contributed by atoms with Gasteiger partial charge in [0.15, 0.2) is 6.29 Å². The predicted molar refractivity (Wildman–Crippen MR) is 88.1 cm³/mol. The lowest BCUT2D eigenvalue weighted by Crippen LogP contribution is -1.91. The number of benzene rings is 2. The van der Waals surface area contributed by atoms with Crippen LogP contribution in [-0.4, -0.2) is 6.29 Å². The van der Waals surface area contributed by atoms with Gasteiger partial charge in [-0.15, -0.1) is 0 Å². The van der Waals surface area contributed by atoms with Crippen LogP contribution in [0.25, 0.3) is 11.6 Å². The van der Waals surface area contributed by atoms with E-state index in [9.17, 15) is 4.79 Å². The fourth-order valence-corrected chi connectivity index (χ4v) is 2.89. The third-order valence-electron chi connectivity index (χ3n) is 3.95. The lowest BCUT2D eigenvalue weighted by atomic mass is 9.97. The van der Waals surface area contributed by atoms with Gasteiger partial charge in [-0.25, -0.2) is 0 Å². The molecule has 0 aliphatic heterocycles.